The number of fused-ring (bicyclic) bond motifs is 1. The topological polar surface area (TPSA) is 65.4 Å². The summed E-state index contributed by atoms with van der Waals surface area (Å²) in [5, 5.41) is 3.83. The van der Waals surface area contributed by atoms with Crippen LogP contribution in [-0.2, 0) is 24.2 Å². The number of unbranched alkanes of at least 4 members (excludes halogenated alkanes) is 1. The molecule has 1 N–H and O–H groups in total. The molecule has 0 saturated heterocycles. The van der Waals surface area contributed by atoms with E-state index in [0.717, 1.165) is 69.5 Å². The standard InChI is InChI=1S/C30H34ClN3O3/c1-21-18-25(19-22(2)30(21)31)37-17-7-6-16-34-27-9-5-4-8-26(27)33-28(34)14-15-32-29(35)20-23-10-12-24(36-3)13-11-23/h4-5,8-13,18-19H,6-7,14-17,20H2,1-3H3,(H,32,35). The number of hydrogen-bond acceptors (Lipinski definition) is 4. The van der Waals surface area contributed by atoms with E-state index in [9.17, 15) is 4.79 Å². The first kappa shape index (κ1) is 26.6. The molecule has 0 aliphatic carbocycles. The van der Waals surface area contributed by atoms with Gasteiger partial charge in [-0.05, 0) is 79.8 Å². The Morgan fingerprint density at radius 3 is 2.46 bits per heavy atom. The monoisotopic (exact) mass is 519 g/mol. The summed E-state index contributed by atoms with van der Waals surface area (Å²) in [6.07, 6.45) is 2.89. The Hall–Kier alpha value is -3.51. The van der Waals surface area contributed by atoms with Gasteiger partial charge < -0.3 is 19.4 Å². The van der Waals surface area contributed by atoms with Crippen LogP contribution < -0.4 is 14.8 Å². The average molecular weight is 520 g/mol. The van der Waals surface area contributed by atoms with Gasteiger partial charge in [0.15, 0.2) is 0 Å². The van der Waals surface area contributed by atoms with Crippen LogP contribution in [-0.4, -0.2) is 35.7 Å². The van der Waals surface area contributed by atoms with Gasteiger partial charge in [-0.2, -0.15) is 0 Å². The van der Waals surface area contributed by atoms with Gasteiger partial charge in [0, 0.05) is 24.5 Å². The molecule has 0 saturated carbocycles. The number of ether oxygens (including phenoxy) is 2. The van der Waals surface area contributed by atoms with Crippen molar-refractivity contribution in [1.82, 2.24) is 14.9 Å². The van der Waals surface area contributed by atoms with E-state index in [1.807, 2.05) is 68.4 Å². The van der Waals surface area contributed by atoms with Gasteiger partial charge in [0.1, 0.15) is 17.3 Å². The van der Waals surface area contributed by atoms with Crippen LogP contribution in [0.5, 0.6) is 11.5 Å². The van der Waals surface area contributed by atoms with E-state index >= 15 is 0 Å². The van der Waals surface area contributed by atoms with Crippen molar-refractivity contribution in [3.05, 3.63) is 88.2 Å². The fourth-order valence-corrected chi connectivity index (χ4v) is 4.53. The van der Waals surface area contributed by atoms with E-state index in [-0.39, 0.29) is 5.91 Å². The molecule has 1 amide bonds. The van der Waals surface area contributed by atoms with Gasteiger partial charge in [0.05, 0.1) is 31.2 Å². The molecule has 0 unspecified atom stereocenters. The average Bonchev–Trinajstić information content (AvgIpc) is 3.24. The lowest BCUT2D eigenvalue weighted by Crippen LogP contribution is -2.28. The number of aryl methyl sites for hydroxylation is 3. The Morgan fingerprint density at radius 1 is 1.00 bits per heavy atom. The van der Waals surface area contributed by atoms with Crippen molar-refractivity contribution in [2.24, 2.45) is 0 Å². The molecule has 194 valence electrons. The molecule has 4 aromatic rings. The number of rotatable bonds is 12. The van der Waals surface area contributed by atoms with Crippen LogP contribution in [0, 0.1) is 13.8 Å². The van der Waals surface area contributed by atoms with Gasteiger partial charge in [0.25, 0.3) is 0 Å². The van der Waals surface area contributed by atoms with Crippen LogP contribution in [0.25, 0.3) is 11.0 Å². The van der Waals surface area contributed by atoms with Crippen LogP contribution in [0.1, 0.15) is 35.4 Å². The van der Waals surface area contributed by atoms with Crippen LogP contribution >= 0.6 is 11.6 Å². The minimum absolute atomic E-state index is 0.00218. The highest BCUT2D eigenvalue weighted by Gasteiger charge is 2.11. The third-order valence-electron chi connectivity index (χ3n) is 6.38. The van der Waals surface area contributed by atoms with Crippen molar-refractivity contribution < 1.29 is 14.3 Å². The number of carbonyl (C=O) groups excluding carboxylic acids is 1. The zero-order valence-corrected chi connectivity index (χ0v) is 22.5. The molecule has 1 heterocycles. The highest BCUT2D eigenvalue weighted by Crippen LogP contribution is 2.26. The predicted octanol–water partition coefficient (Wildman–Crippen LogP) is 6.08. The molecular weight excluding hydrogens is 486 g/mol. The van der Waals surface area contributed by atoms with Crippen molar-refractivity contribution in [3.63, 3.8) is 0 Å². The van der Waals surface area contributed by atoms with Crippen LogP contribution in [0.4, 0.5) is 0 Å². The number of nitrogens with zero attached hydrogens (tertiary/aromatic N) is 2. The Labute approximate surface area is 223 Å². The molecule has 0 atom stereocenters. The highest BCUT2D eigenvalue weighted by molar-refractivity contribution is 6.32. The zero-order chi connectivity index (χ0) is 26.2. The molecule has 0 radical (unpaired) electrons. The van der Waals surface area contributed by atoms with Gasteiger partial charge in [-0.1, -0.05) is 35.9 Å². The summed E-state index contributed by atoms with van der Waals surface area (Å²) in [7, 11) is 1.63. The van der Waals surface area contributed by atoms with E-state index < -0.39 is 0 Å². The third-order valence-corrected chi connectivity index (χ3v) is 6.98. The van der Waals surface area contributed by atoms with E-state index in [4.69, 9.17) is 26.1 Å². The minimum Gasteiger partial charge on any atom is -0.497 e. The maximum Gasteiger partial charge on any atom is 0.224 e. The Kier molecular flexibility index (Phi) is 9.07. The van der Waals surface area contributed by atoms with Crippen molar-refractivity contribution >= 4 is 28.5 Å². The number of benzene rings is 3. The molecule has 0 aliphatic heterocycles. The highest BCUT2D eigenvalue weighted by atomic mass is 35.5. The van der Waals surface area contributed by atoms with Crippen LogP contribution in [0.15, 0.2) is 60.7 Å². The predicted molar refractivity (Wildman–Crippen MR) is 149 cm³/mol. The number of methoxy groups -OCH3 is 1. The second kappa shape index (κ2) is 12.6. The molecule has 0 spiro atoms. The fourth-order valence-electron chi connectivity index (χ4n) is 4.42. The number of nitrogens with one attached hydrogen (secondary N) is 1. The molecule has 0 aliphatic rings. The SMILES string of the molecule is COc1ccc(CC(=O)NCCc2nc3ccccc3n2CCCCOc2cc(C)c(Cl)c(C)c2)cc1. The third kappa shape index (κ3) is 7.04. The van der Waals surface area contributed by atoms with Crippen LogP contribution in [0.2, 0.25) is 5.02 Å². The number of amides is 1. The molecule has 3 aromatic carbocycles. The maximum atomic E-state index is 12.4. The van der Waals surface area contributed by atoms with Crippen molar-refractivity contribution in [2.45, 2.75) is 46.1 Å². The van der Waals surface area contributed by atoms with Crippen molar-refractivity contribution in [2.75, 3.05) is 20.3 Å². The first-order valence-electron chi connectivity index (χ1n) is 12.7. The molecule has 37 heavy (non-hydrogen) atoms. The number of imidazole rings is 1. The first-order chi connectivity index (χ1) is 17.9. The number of hydrogen-bond donors (Lipinski definition) is 1. The minimum atomic E-state index is -0.00218. The Morgan fingerprint density at radius 2 is 1.73 bits per heavy atom. The number of aromatic nitrogens is 2. The summed E-state index contributed by atoms with van der Waals surface area (Å²) in [5.41, 5.74) is 5.11. The van der Waals surface area contributed by atoms with Crippen molar-refractivity contribution in [1.29, 1.82) is 0 Å². The van der Waals surface area contributed by atoms with Crippen LogP contribution in [0.3, 0.4) is 0 Å². The molecule has 7 heteroatoms. The van der Waals surface area contributed by atoms with Gasteiger partial charge in [-0.15, -0.1) is 0 Å². The Balaban J connectivity index is 1.29. The van der Waals surface area contributed by atoms with E-state index in [2.05, 4.69) is 16.0 Å². The summed E-state index contributed by atoms with van der Waals surface area (Å²) in [6.45, 7) is 6.02. The zero-order valence-electron chi connectivity index (χ0n) is 21.7. The second-order valence-electron chi connectivity index (χ2n) is 9.22. The molecule has 0 bridgehead atoms. The number of carbonyl (C=O) groups is 1. The summed E-state index contributed by atoms with van der Waals surface area (Å²) in [6, 6.07) is 19.7. The van der Waals surface area contributed by atoms with E-state index in [0.29, 0.717) is 26.0 Å². The molecule has 0 fully saturated rings. The molecule has 6 nitrogen and oxygen atoms in total. The number of halogens is 1. The largest absolute Gasteiger partial charge is 0.497 e. The first-order valence-corrected chi connectivity index (χ1v) is 13.1. The normalized spacial score (nSPS) is 11.0. The summed E-state index contributed by atoms with van der Waals surface area (Å²) < 4.78 is 13.4. The lowest BCUT2D eigenvalue weighted by molar-refractivity contribution is -0.120. The Bertz CT molecular complexity index is 1330. The molecule has 4 rings (SSSR count). The smallest absolute Gasteiger partial charge is 0.224 e. The van der Waals surface area contributed by atoms with Gasteiger partial charge in [0.2, 0.25) is 5.91 Å². The van der Waals surface area contributed by atoms with E-state index in [1.165, 1.54) is 0 Å². The summed E-state index contributed by atoms with van der Waals surface area (Å²) in [5.74, 6) is 2.62. The fraction of sp³-hybridized carbons (Fsp3) is 0.333. The summed E-state index contributed by atoms with van der Waals surface area (Å²) in [4.78, 5) is 17.3. The molecular formula is C30H34ClN3O3. The van der Waals surface area contributed by atoms with Gasteiger partial charge in [-0.3, -0.25) is 4.79 Å². The van der Waals surface area contributed by atoms with Gasteiger partial charge in [-0.25, -0.2) is 4.98 Å². The lowest BCUT2D eigenvalue weighted by atomic mass is 10.1. The lowest BCUT2D eigenvalue weighted by Gasteiger charge is -2.12. The van der Waals surface area contributed by atoms with Gasteiger partial charge >= 0.3 is 0 Å². The maximum absolute atomic E-state index is 12.4. The quantitative estimate of drug-likeness (QED) is 0.230. The second-order valence-corrected chi connectivity index (χ2v) is 9.60. The summed E-state index contributed by atoms with van der Waals surface area (Å²) >= 11 is 6.26. The number of para-hydroxylation sites is 2. The van der Waals surface area contributed by atoms with Crippen molar-refractivity contribution in [3.8, 4) is 11.5 Å². The molecule has 1 aromatic heterocycles. The van der Waals surface area contributed by atoms with E-state index in [1.54, 1.807) is 7.11 Å².